The predicted molar refractivity (Wildman–Crippen MR) is 67.5 cm³/mol. The summed E-state index contributed by atoms with van der Waals surface area (Å²) in [6.07, 6.45) is 5.96. The lowest BCUT2D eigenvalue weighted by Crippen LogP contribution is -2.19. The molecule has 0 saturated carbocycles. The molecule has 0 bridgehead atoms. The van der Waals surface area contributed by atoms with E-state index in [1.165, 1.54) is 0 Å². The van der Waals surface area contributed by atoms with Gasteiger partial charge in [-0.2, -0.15) is 0 Å². The van der Waals surface area contributed by atoms with Crippen LogP contribution in [0.15, 0.2) is 12.5 Å². The normalized spacial score (nSPS) is 22.2. The van der Waals surface area contributed by atoms with Gasteiger partial charge in [-0.1, -0.05) is 13.8 Å². The second-order valence-electron chi connectivity index (χ2n) is 5.44. The van der Waals surface area contributed by atoms with Crippen molar-refractivity contribution >= 4 is 0 Å². The van der Waals surface area contributed by atoms with Gasteiger partial charge in [-0.15, -0.1) is 0 Å². The molecular weight excluding hydrogens is 214 g/mol. The minimum atomic E-state index is 0.0971. The molecule has 96 valence electrons. The van der Waals surface area contributed by atoms with Crippen molar-refractivity contribution in [3.8, 4) is 0 Å². The molecule has 4 heteroatoms. The number of ether oxygens (including phenoxy) is 1. The van der Waals surface area contributed by atoms with Crippen molar-refractivity contribution in [2.45, 2.75) is 39.3 Å². The fraction of sp³-hybridized carbons (Fsp3) is 0.769. The number of aromatic nitrogens is 2. The Bertz CT molecular complexity index is 342. The van der Waals surface area contributed by atoms with Gasteiger partial charge in [0.15, 0.2) is 0 Å². The van der Waals surface area contributed by atoms with Gasteiger partial charge in [0.2, 0.25) is 0 Å². The average Bonchev–Trinajstić information content (AvgIpc) is 2.88. The van der Waals surface area contributed by atoms with Crippen LogP contribution >= 0.6 is 0 Å². The average molecular weight is 237 g/mol. The van der Waals surface area contributed by atoms with Crippen LogP contribution in [0, 0.1) is 11.8 Å². The smallest absolute Gasteiger partial charge is 0.0948 e. The summed E-state index contributed by atoms with van der Waals surface area (Å²) in [6.45, 7) is 7.15. The van der Waals surface area contributed by atoms with Gasteiger partial charge in [-0.05, 0) is 18.8 Å². The highest BCUT2D eigenvalue weighted by Crippen LogP contribution is 2.21. The number of imidazole rings is 1. The zero-order valence-electron chi connectivity index (χ0n) is 10.8. The molecule has 2 heterocycles. The van der Waals surface area contributed by atoms with Crippen molar-refractivity contribution in [2.24, 2.45) is 17.6 Å². The van der Waals surface area contributed by atoms with E-state index in [0.29, 0.717) is 11.8 Å². The van der Waals surface area contributed by atoms with E-state index in [1.54, 1.807) is 0 Å². The SMILES string of the molecule is CC(C)CC(N)c1cncn1CC1CCOC1. The lowest BCUT2D eigenvalue weighted by Gasteiger charge is -2.18. The molecule has 0 amide bonds. The Morgan fingerprint density at radius 1 is 1.59 bits per heavy atom. The Kier molecular flexibility index (Phi) is 4.18. The Hall–Kier alpha value is -0.870. The molecule has 2 N–H and O–H groups in total. The second-order valence-corrected chi connectivity index (χ2v) is 5.44. The molecule has 1 aliphatic rings. The third-order valence-electron chi connectivity index (χ3n) is 3.33. The van der Waals surface area contributed by atoms with E-state index >= 15 is 0 Å². The van der Waals surface area contributed by atoms with E-state index in [9.17, 15) is 0 Å². The van der Waals surface area contributed by atoms with Crippen LogP contribution in [-0.2, 0) is 11.3 Å². The maximum absolute atomic E-state index is 6.22. The van der Waals surface area contributed by atoms with Crippen molar-refractivity contribution in [1.29, 1.82) is 0 Å². The van der Waals surface area contributed by atoms with Crippen LogP contribution in [0.1, 0.15) is 38.4 Å². The lowest BCUT2D eigenvalue weighted by molar-refractivity contribution is 0.182. The summed E-state index contributed by atoms with van der Waals surface area (Å²) >= 11 is 0. The van der Waals surface area contributed by atoms with Gasteiger partial charge in [0.25, 0.3) is 0 Å². The minimum Gasteiger partial charge on any atom is -0.381 e. The summed E-state index contributed by atoms with van der Waals surface area (Å²) in [5.74, 6) is 1.23. The van der Waals surface area contributed by atoms with Crippen LogP contribution in [0.2, 0.25) is 0 Å². The largest absolute Gasteiger partial charge is 0.381 e. The number of nitrogens with two attached hydrogens (primary N) is 1. The quantitative estimate of drug-likeness (QED) is 0.851. The minimum absolute atomic E-state index is 0.0971. The first kappa shape index (κ1) is 12.6. The first-order chi connectivity index (χ1) is 8.16. The molecule has 2 rings (SSSR count). The molecule has 1 saturated heterocycles. The van der Waals surface area contributed by atoms with Crippen molar-refractivity contribution in [3.05, 3.63) is 18.2 Å². The Morgan fingerprint density at radius 2 is 2.41 bits per heavy atom. The van der Waals surface area contributed by atoms with Gasteiger partial charge in [0.1, 0.15) is 0 Å². The van der Waals surface area contributed by atoms with Crippen molar-refractivity contribution in [2.75, 3.05) is 13.2 Å². The lowest BCUT2D eigenvalue weighted by atomic mass is 10.0. The first-order valence-electron chi connectivity index (χ1n) is 6.50. The van der Waals surface area contributed by atoms with Crippen LogP contribution in [0.3, 0.4) is 0 Å². The number of hydrogen-bond donors (Lipinski definition) is 1. The van der Waals surface area contributed by atoms with Gasteiger partial charge >= 0.3 is 0 Å². The van der Waals surface area contributed by atoms with E-state index in [2.05, 4.69) is 23.4 Å². The monoisotopic (exact) mass is 237 g/mol. The summed E-state index contributed by atoms with van der Waals surface area (Å²) in [4.78, 5) is 4.23. The highest BCUT2D eigenvalue weighted by Gasteiger charge is 2.19. The number of nitrogens with zero attached hydrogens (tertiary/aromatic N) is 2. The molecule has 2 unspecified atom stereocenters. The summed E-state index contributed by atoms with van der Waals surface area (Å²) < 4.78 is 7.61. The van der Waals surface area contributed by atoms with Crippen LogP contribution in [0.25, 0.3) is 0 Å². The van der Waals surface area contributed by atoms with Gasteiger partial charge in [0, 0.05) is 31.3 Å². The van der Waals surface area contributed by atoms with Gasteiger partial charge in [-0.3, -0.25) is 0 Å². The molecule has 1 aromatic rings. The molecule has 17 heavy (non-hydrogen) atoms. The first-order valence-corrected chi connectivity index (χ1v) is 6.50. The summed E-state index contributed by atoms with van der Waals surface area (Å²) in [5.41, 5.74) is 7.38. The standard InChI is InChI=1S/C13H23N3O/c1-10(2)5-12(14)13-6-15-9-16(13)7-11-3-4-17-8-11/h6,9-12H,3-5,7-8,14H2,1-2H3. The predicted octanol–water partition coefficient (Wildman–Crippen LogP) is 1.97. The highest BCUT2D eigenvalue weighted by molar-refractivity contribution is 5.05. The molecule has 2 atom stereocenters. The molecule has 4 nitrogen and oxygen atoms in total. The second kappa shape index (κ2) is 5.65. The Balaban J connectivity index is 2.00. The van der Waals surface area contributed by atoms with Crippen LogP contribution < -0.4 is 5.73 Å². The van der Waals surface area contributed by atoms with E-state index in [4.69, 9.17) is 10.5 Å². The Morgan fingerprint density at radius 3 is 3.06 bits per heavy atom. The molecular formula is C13H23N3O. The number of rotatable bonds is 5. The Labute approximate surface area is 103 Å². The molecule has 0 spiro atoms. The highest BCUT2D eigenvalue weighted by atomic mass is 16.5. The zero-order valence-corrected chi connectivity index (χ0v) is 10.8. The topological polar surface area (TPSA) is 53.1 Å². The van der Waals surface area contributed by atoms with Crippen LogP contribution in [0.4, 0.5) is 0 Å². The fourth-order valence-electron chi connectivity index (χ4n) is 2.43. The summed E-state index contributed by atoms with van der Waals surface area (Å²) in [7, 11) is 0. The van der Waals surface area contributed by atoms with E-state index < -0.39 is 0 Å². The van der Waals surface area contributed by atoms with E-state index in [1.807, 2.05) is 12.5 Å². The van der Waals surface area contributed by atoms with Crippen molar-refractivity contribution < 1.29 is 4.74 Å². The zero-order chi connectivity index (χ0) is 12.3. The van der Waals surface area contributed by atoms with Gasteiger partial charge in [0.05, 0.1) is 18.6 Å². The van der Waals surface area contributed by atoms with Gasteiger partial charge < -0.3 is 15.0 Å². The molecule has 0 aromatic carbocycles. The van der Waals surface area contributed by atoms with E-state index in [-0.39, 0.29) is 6.04 Å². The molecule has 0 radical (unpaired) electrons. The molecule has 0 aliphatic carbocycles. The third kappa shape index (κ3) is 3.30. The molecule has 1 fully saturated rings. The number of hydrogen-bond acceptors (Lipinski definition) is 3. The van der Waals surface area contributed by atoms with Crippen molar-refractivity contribution in [3.63, 3.8) is 0 Å². The fourth-order valence-corrected chi connectivity index (χ4v) is 2.43. The molecule has 1 aliphatic heterocycles. The maximum Gasteiger partial charge on any atom is 0.0948 e. The summed E-state index contributed by atoms with van der Waals surface area (Å²) in [6, 6.07) is 0.0971. The molecule has 1 aromatic heterocycles. The maximum atomic E-state index is 6.22. The third-order valence-corrected chi connectivity index (χ3v) is 3.33. The van der Waals surface area contributed by atoms with Crippen LogP contribution in [-0.4, -0.2) is 22.8 Å². The van der Waals surface area contributed by atoms with Gasteiger partial charge in [-0.25, -0.2) is 4.98 Å². The summed E-state index contributed by atoms with van der Waals surface area (Å²) in [5, 5.41) is 0. The van der Waals surface area contributed by atoms with Crippen LogP contribution in [0.5, 0.6) is 0 Å². The van der Waals surface area contributed by atoms with Crippen molar-refractivity contribution in [1.82, 2.24) is 9.55 Å². The van der Waals surface area contributed by atoms with E-state index in [0.717, 1.165) is 38.3 Å².